The third-order valence-electron chi connectivity index (χ3n) is 3.05. The Morgan fingerprint density at radius 2 is 2.22 bits per heavy atom. The molecular weight excluding hydrogens is 232 g/mol. The molecule has 0 amide bonds. The summed E-state index contributed by atoms with van der Waals surface area (Å²) in [5.74, 6) is 0.372. The molecule has 0 bridgehead atoms. The summed E-state index contributed by atoms with van der Waals surface area (Å²) in [5, 5.41) is 12.9. The van der Waals surface area contributed by atoms with Gasteiger partial charge in [-0.2, -0.15) is 5.10 Å². The molecule has 1 aliphatic carbocycles. The Labute approximate surface area is 103 Å². The highest BCUT2D eigenvalue weighted by Gasteiger charge is 2.20. The summed E-state index contributed by atoms with van der Waals surface area (Å²) >= 11 is 0. The van der Waals surface area contributed by atoms with Gasteiger partial charge in [-0.05, 0) is 32.3 Å². The number of hydrogen-bond acceptors (Lipinski definition) is 4. The monoisotopic (exact) mass is 244 g/mol. The first-order chi connectivity index (χ1) is 8.65. The van der Waals surface area contributed by atoms with Crippen molar-refractivity contribution in [1.29, 1.82) is 0 Å². The van der Waals surface area contributed by atoms with Gasteiger partial charge in [-0.3, -0.25) is 0 Å². The lowest BCUT2D eigenvalue weighted by molar-refractivity contribution is 0.0690. The number of aromatic carboxylic acids is 1. The molecule has 6 nitrogen and oxygen atoms in total. The fraction of sp³-hybridized carbons (Fsp3) is 0.333. The number of aryl methyl sites for hydroxylation is 2. The van der Waals surface area contributed by atoms with Gasteiger partial charge in [-0.1, -0.05) is 0 Å². The quantitative estimate of drug-likeness (QED) is 0.857. The summed E-state index contributed by atoms with van der Waals surface area (Å²) in [6.07, 6.45) is 4.57. The minimum atomic E-state index is -1.03. The molecule has 0 saturated heterocycles. The van der Waals surface area contributed by atoms with Gasteiger partial charge in [0.05, 0.1) is 0 Å². The van der Waals surface area contributed by atoms with E-state index >= 15 is 0 Å². The fourth-order valence-electron chi connectivity index (χ4n) is 2.28. The Kier molecular flexibility index (Phi) is 2.36. The lowest BCUT2D eigenvalue weighted by Gasteiger charge is -2.07. The standard InChI is InChI=1S/C12H12N4O2/c1-7-13-9-4-2-3-8(9)11(14-7)16-6-5-10(15-16)12(17)18/h5-6H,2-4H2,1H3,(H,17,18). The number of fused-ring (bicyclic) bond motifs is 1. The number of carboxylic acids is 1. The third-order valence-corrected chi connectivity index (χ3v) is 3.05. The Balaban J connectivity index is 2.13. The van der Waals surface area contributed by atoms with E-state index in [0.29, 0.717) is 11.6 Å². The van der Waals surface area contributed by atoms with E-state index in [1.807, 2.05) is 6.92 Å². The van der Waals surface area contributed by atoms with Crippen molar-refractivity contribution >= 4 is 5.97 Å². The first-order valence-electron chi connectivity index (χ1n) is 5.81. The number of carbonyl (C=O) groups is 1. The van der Waals surface area contributed by atoms with Gasteiger partial charge in [0.2, 0.25) is 0 Å². The molecule has 3 rings (SSSR count). The van der Waals surface area contributed by atoms with Crippen molar-refractivity contribution in [1.82, 2.24) is 19.7 Å². The van der Waals surface area contributed by atoms with Crippen molar-refractivity contribution in [3.05, 3.63) is 35.0 Å². The van der Waals surface area contributed by atoms with Crippen LogP contribution in [0.5, 0.6) is 0 Å². The smallest absolute Gasteiger partial charge is 0.356 e. The Bertz CT molecular complexity index is 633. The summed E-state index contributed by atoms with van der Waals surface area (Å²) < 4.78 is 1.53. The molecule has 0 atom stereocenters. The van der Waals surface area contributed by atoms with E-state index in [4.69, 9.17) is 5.11 Å². The summed E-state index contributed by atoms with van der Waals surface area (Å²) in [6, 6.07) is 1.47. The van der Waals surface area contributed by atoms with E-state index in [2.05, 4.69) is 15.1 Å². The highest BCUT2D eigenvalue weighted by molar-refractivity contribution is 5.85. The van der Waals surface area contributed by atoms with E-state index < -0.39 is 5.97 Å². The molecule has 1 aliphatic rings. The number of aromatic nitrogens is 4. The molecule has 18 heavy (non-hydrogen) atoms. The number of carboxylic acid groups (broad SMARTS) is 1. The maximum Gasteiger partial charge on any atom is 0.356 e. The maximum atomic E-state index is 10.8. The predicted molar refractivity (Wildman–Crippen MR) is 62.9 cm³/mol. The van der Waals surface area contributed by atoms with Crippen LogP contribution >= 0.6 is 0 Å². The Morgan fingerprint density at radius 1 is 1.39 bits per heavy atom. The number of rotatable bonds is 2. The zero-order valence-corrected chi connectivity index (χ0v) is 9.92. The van der Waals surface area contributed by atoms with Gasteiger partial charge in [0, 0.05) is 17.5 Å². The van der Waals surface area contributed by atoms with Crippen LogP contribution in [0.15, 0.2) is 12.3 Å². The summed E-state index contributed by atoms with van der Waals surface area (Å²) in [4.78, 5) is 19.6. The van der Waals surface area contributed by atoms with E-state index in [0.717, 1.165) is 30.5 Å². The van der Waals surface area contributed by atoms with Crippen molar-refractivity contribution in [2.24, 2.45) is 0 Å². The van der Waals surface area contributed by atoms with E-state index in [-0.39, 0.29) is 5.69 Å². The molecule has 0 saturated carbocycles. The SMILES string of the molecule is Cc1nc2c(c(-n3ccc(C(=O)O)n3)n1)CCC2. The van der Waals surface area contributed by atoms with Crippen LogP contribution in [0.3, 0.4) is 0 Å². The molecule has 92 valence electrons. The van der Waals surface area contributed by atoms with Gasteiger partial charge >= 0.3 is 5.97 Å². The average Bonchev–Trinajstić information content (AvgIpc) is 2.95. The fourth-order valence-corrected chi connectivity index (χ4v) is 2.28. The molecule has 2 heterocycles. The number of hydrogen-bond donors (Lipinski definition) is 1. The van der Waals surface area contributed by atoms with Crippen LogP contribution in [0.4, 0.5) is 0 Å². The Hall–Kier alpha value is -2.24. The van der Waals surface area contributed by atoms with Crippen molar-refractivity contribution in [3.8, 4) is 5.82 Å². The molecule has 0 unspecified atom stereocenters. The second kappa shape index (κ2) is 3.90. The van der Waals surface area contributed by atoms with E-state index in [9.17, 15) is 4.79 Å². The third kappa shape index (κ3) is 1.66. The normalized spacial score (nSPS) is 13.6. The van der Waals surface area contributed by atoms with Crippen molar-refractivity contribution in [2.75, 3.05) is 0 Å². The van der Waals surface area contributed by atoms with Crippen LogP contribution < -0.4 is 0 Å². The second-order valence-corrected chi connectivity index (χ2v) is 4.32. The van der Waals surface area contributed by atoms with Gasteiger partial charge in [0.15, 0.2) is 11.5 Å². The van der Waals surface area contributed by atoms with Crippen LogP contribution in [0.2, 0.25) is 0 Å². The van der Waals surface area contributed by atoms with Crippen molar-refractivity contribution in [2.45, 2.75) is 26.2 Å². The molecule has 0 fully saturated rings. The molecule has 0 radical (unpaired) electrons. The topological polar surface area (TPSA) is 80.9 Å². The number of nitrogens with zero attached hydrogens (tertiary/aromatic N) is 4. The first-order valence-corrected chi connectivity index (χ1v) is 5.81. The zero-order valence-electron chi connectivity index (χ0n) is 9.92. The highest BCUT2D eigenvalue weighted by atomic mass is 16.4. The van der Waals surface area contributed by atoms with Gasteiger partial charge in [0.25, 0.3) is 0 Å². The minimum Gasteiger partial charge on any atom is -0.476 e. The lowest BCUT2D eigenvalue weighted by atomic mass is 10.2. The molecule has 0 aromatic carbocycles. The molecule has 0 spiro atoms. The van der Waals surface area contributed by atoms with E-state index in [1.165, 1.54) is 10.7 Å². The molecule has 6 heteroatoms. The molecular formula is C12H12N4O2. The van der Waals surface area contributed by atoms with Crippen LogP contribution in [0.1, 0.15) is 34.0 Å². The molecule has 0 aliphatic heterocycles. The van der Waals surface area contributed by atoms with Gasteiger partial charge < -0.3 is 5.11 Å². The summed E-state index contributed by atoms with van der Waals surface area (Å²) in [7, 11) is 0. The largest absolute Gasteiger partial charge is 0.476 e. The Morgan fingerprint density at radius 3 is 2.94 bits per heavy atom. The summed E-state index contributed by atoms with van der Waals surface area (Å²) in [6.45, 7) is 1.84. The average molecular weight is 244 g/mol. The molecule has 2 aromatic rings. The molecule has 1 N–H and O–H groups in total. The maximum absolute atomic E-state index is 10.8. The predicted octanol–water partition coefficient (Wildman–Crippen LogP) is 1.16. The van der Waals surface area contributed by atoms with Crippen molar-refractivity contribution < 1.29 is 9.90 Å². The van der Waals surface area contributed by atoms with Crippen LogP contribution in [0, 0.1) is 6.92 Å². The first kappa shape index (κ1) is 10.9. The minimum absolute atomic E-state index is 0.0259. The van der Waals surface area contributed by atoms with Crippen LogP contribution in [-0.4, -0.2) is 30.8 Å². The zero-order chi connectivity index (χ0) is 12.7. The highest BCUT2D eigenvalue weighted by Crippen LogP contribution is 2.24. The summed E-state index contributed by atoms with van der Waals surface area (Å²) in [5.41, 5.74) is 2.17. The second-order valence-electron chi connectivity index (χ2n) is 4.32. The van der Waals surface area contributed by atoms with Crippen LogP contribution in [-0.2, 0) is 12.8 Å². The molecule has 2 aromatic heterocycles. The van der Waals surface area contributed by atoms with Gasteiger partial charge in [0.1, 0.15) is 5.82 Å². The van der Waals surface area contributed by atoms with Crippen LogP contribution in [0.25, 0.3) is 5.82 Å². The van der Waals surface area contributed by atoms with Gasteiger partial charge in [-0.15, -0.1) is 0 Å². The van der Waals surface area contributed by atoms with Gasteiger partial charge in [-0.25, -0.2) is 19.4 Å². The van der Waals surface area contributed by atoms with E-state index in [1.54, 1.807) is 6.20 Å². The van der Waals surface area contributed by atoms with Crippen molar-refractivity contribution in [3.63, 3.8) is 0 Å². The lowest BCUT2D eigenvalue weighted by Crippen LogP contribution is -2.08.